The summed E-state index contributed by atoms with van der Waals surface area (Å²) in [5.74, 6) is 0.191. The Kier molecular flexibility index (Phi) is 24.0. The van der Waals surface area contributed by atoms with Crippen LogP contribution in [0.25, 0.3) is 0 Å². The van der Waals surface area contributed by atoms with E-state index in [9.17, 15) is 29.1 Å². The van der Waals surface area contributed by atoms with Crippen LogP contribution in [-0.4, -0.2) is 166 Å². The summed E-state index contributed by atoms with van der Waals surface area (Å²) in [5, 5.41) is 15.5. The molecule has 2 saturated heterocycles. The predicted octanol–water partition coefficient (Wildman–Crippen LogP) is 4.84. The number of carbonyl (C=O) groups excluding carboxylic acids is 5. The summed E-state index contributed by atoms with van der Waals surface area (Å²) in [6, 6.07) is 10.5. The van der Waals surface area contributed by atoms with E-state index >= 15 is 0 Å². The van der Waals surface area contributed by atoms with Gasteiger partial charge in [0.15, 0.2) is 5.78 Å². The van der Waals surface area contributed by atoms with Crippen molar-refractivity contribution < 1.29 is 60.7 Å². The van der Waals surface area contributed by atoms with Crippen LogP contribution in [0.5, 0.6) is 0 Å². The van der Waals surface area contributed by atoms with Crippen LogP contribution in [-0.2, 0) is 56.1 Å². The molecule has 0 spiro atoms. The van der Waals surface area contributed by atoms with Gasteiger partial charge in [-0.25, -0.2) is 29.1 Å². The normalized spacial score (nSPS) is 17.3. The van der Waals surface area contributed by atoms with Crippen LogP contribution >= 0.6 is 0 Å². The number of amides is 4. The molecule has 2 aliphatic heterocycles. The molecule has 3 N–H and O–H groups in total. The number of ether oxygens (including phenoxy) is 4. The summed E-state index contributed by atoms with van der Waals surface area (Å²) in [5.41, 5.74) is -1.03. The number of nitrogens with zero attached hydrogens (tertiary/aromatic N) is 4. The number of rotatable bonds is 6. The molecule has 0 aliphatic carbocycles. The molecule has 4 amide bonds. The molecule has 0 bridgehead atoms. The fraction of sp³-hybridized carbons (Fsp3) is 0.625. The topological polar surface area (TPSA) is 250 Å². The molecule has 4 rings (SSSR count). The molecule has 2 aromatic rings. The number of hydrogen-bond acceptors (Lipinski definition) is 15. The van der Waals surface area contributed by atoms with Crippen LogP contribution in [0.2, 0.25) is 0 Å². The molecular weight excluding hydrogens is 883 g/mol. The van der Waals surface area contributed by atoms with E-state index < -0.39 is 72.4 Å². The van der Waals surface area contributed by atoms with E-state index in [1.165, 1.54) is 53.4 Å². The number of aliphatic hydroxyl groups is 1. The van der Waals surface area contributed by atoms with E-state index in [0.29, 0.717) is 49.0 Å². The second-order valence-electron chi connectivity index (χ2n) is 18.2. The van der Waals surface area contributed by atoms with Crippen molar-refractivity contribution in [3.8, 4) is 0 Å². The van der Waals surface area contributed by atoms with Gasteiger partial charge in [-0.2, -0.15) is 12.6 Å². The van der Waals surface area contributed by atoms with Crippen LogP contribution in [0.3, 0.4) is 0 Å². The molecule has 3 unspecified atom stereocenters. The van der Waals surface area contributed by atoms with Crippen molar-refractivity contribution in [1.82, 2.24) is 19.8 Å². The van der Waals surface area contributed by atoms with Crippen LogP contribution < -0.4 is 10.6 Å². The van der Waals surface area contributed by atoms with Gasteiger partial charge in [-0.3, -0.25) is 15.4 Å². The molecule has 3 atom stereocenters. The third kappa shape index (κ3) is 25.2. The number of β-amino-alcohol motifs (C(OH)–C–C–N with tert-alkyl or cyclic N) is 1. The summed E-state index contributed by atoms with van der Waals surface area (Å²) in [6.07, 6.45) is -1.89. The first-order valence-corrected chi connectivity index (χ1v) is 30.7. The molecule has 19 nitrogen and oxygen atoms in total. The van der Waals surface area contributed by atoms with Gasteiger partial charge in [-0.05, 0) is 114 Å². The van der Waals surface area contributed by atoms with E-state index in [2.05, 4.69) is 20.6 Å². The monoisotopic (exact) mass is 942 g/mol. The average molecular weight is 943 g/mol. The van der Waals surface area contributed by atoms with E-state index in [4.69, 9.17) is 31.6 Å². The van der Waals surface area contributed by atoms with Gasteiger partial charge < -0.3 is 33.9 Å². The maximum absolute atomic E-state index is 12.3. The fourth-order valence-corrected chi connectivity index (χ4v) is 5.59. The number of carbonyl (C=O) groups is 5. The quantitative estimate of drug-likeness (QED) is 0.259. The molecular formula is C40H60N6Na2O13S2. The molecule has 63 heavy (non-hydrogen) atoms. The number of Topliss-reactive ketones (excluding diaryl/α,β-unsaturated/α-hetero) is 1. The predicted molar refractivity (Wildman–Crippen MR) is 238 cm³/mol. The Bertz CT molecular complexity index is 2040. The van der Waals surface area contributed by atoms with Crippen molar-refractivity contribution in [1.29, 1.82) is 0 Å². The first-order valence-electron chi connectivity index (χ1n) is 20.4. The minimum absolute atomic E-state index is 0.0295. The Hall–Kier alpha value is -3.15. The number of aromatic nitrogens is 2. The average Bonchev–Trinajstić information content (AvgIpc) is 3.68. The van der Waals surface area contributed by atoms with E-state index in [-0.39, 0.29) is 30.7 Å². The summed E-state index contributed by atoms with van der Waals surface area (Å²) < 4.78 is 48.1. The molecule has 0 radical (unpaired) electrons. The van der Waals surface area contributed by atoms with Gasteiger partial charge in [0, 0.05) is 42.7 Å². The Labute approximate surface area is 402 Å². The molecule has 2 aromatic heterocycles. The van der Waals surface area contributed by atoms with Crippen LogP contribution in [0.4, 0.5) is 30.8 Å². The van der Waals surface area contributed by atoms with Gasteiger partial charge in [0.2, 0.25) is 10.2 Å². The number of hydrogen-bond donors (Lipinski definition) is 3. The van der Waals surface area contributed by atoms with E-state index in [0.717, 1.165) is 0 Å². The number of pyridine rings is 2. The summed E-state index contributed by atoms with van der Waals surface area (Å²) >= 11 is 2.89. The Morgan fingerprint density at radius 2 is 1.10 bits per heavy atom. The Morgan fingerprint density at radius 1 is 0.698 bits per heavy atom. The first-order chi connectivity index (χ1) is 28.9. The van der Waals surface area contributed by atoms with E-state index in [1.54, 1.807) is 92.6 Å². The van der Waals surface area contributed by atoms with Crippen LogP contribution in [0, 0.1) is 11.8 Å². The third-order valence-corrected chi connectivity index (χ3v) is 8.25. The Balaban J connectivity index is 0.000000549. The minimum atomic E-state index is -2.46. The second kappa shape index (κ2) is 26.1. The van der Waals surface area contributed by atoms with Crippen molar-refractivity contribution in [2.24, 2.45) is 11.8 Å². The number of aliphatic hydroxyl groups excluding tert-OH is 1. The summed E-state index contributed by atoms with van der Waals surface area (Å²) in [6.45, 7) is 22.4. The summed E-state index contributed by atoms with van der Waals surface area (Å²) in [4.78, 5) is 72.2. The zero-order chi connectivity index (χ0) is 48.5. The molecule has 4 heterocycles. The van der Waals surface area contributed by atoms with Gasteiger partial charge in [0.25, 0.3) is 0 Å². The van der Waals surface area contributed by atoms with Crippen molar-refractivity contribution in [3.63, 3.8) is 0 Å². The number of anilines is 2. The SMILES string of the molecule is CC(C)(C)OC(=O)Nc1cccc(CC2CN(C(=O)OC(C)(C)C)CC2=O)n1.CC(C)(C)OC(=O)Nc1cccc(CC2CN(C(=O)OC(C)(C)C)CC2O)n1.O=S=S(=O)=O.[Na][Na]. The zero-order valence-corrected chi connectivity index (χ0v) is 44.5. The van der Waals surface area contributed by atoms with Crippen molar-refractivity contribution >= 4 is 105 Å². The number of ketones is 1. The Morgan fingerprint density at radius 3 is 1.49 bits per heavy atom. The van der Waals surface area contributed by atoms with Crippen LogP contribution in [0.1, 0.15) is 94.5 Å². The van der Waals surface area contributed by atoms with Crippen molar-refractivity contribution in [2.45, 2.75) is 124 Å². The van der Waals surface area contributed by atoms with Crippen molar-refractivity contribution in [2.75, 3.05) is 36.8 Å². The number of nitrogens with one attached hydrogen (secondary N) is 2. The van der Waals surface area contributed by atoms with E-state index in [1.807, 2.05) is 26.8 Å². The standard InChI is InChI=1S/C20H31N3O5.C20H29N3O5.2Na.O3S2/c2*1-19(2,3)27-17(25)22-16-9-7-8-14(21-16)10-13-11-23(12-15(13)24)18(26)28-20(4,5)6;;;1-4-5(2)3/h7-9,13,15,24H,10-12H2,1-6H3,(H,21,22,25);7-9,13H,10-12H2,1-6H3,(H,21,22,25);;;. The van der Waals surface area contributed by atoms with Gasteiger partial charge in [0.05, 0.1) is 19.2 Å². The zero-order valence-electron chi connectivity index (χ0n) is 38.9. The fourth-order valence-electron chi connectivity index (χ4n) is 5.59. The molecule has 342 valence electrons. The first kappa shape index (κ1) is 57.9. The molecule has 2 fully saturated rings. The molecule has 0 saturated carbocycles. The maximum atomic E-state index is 12.3. The molecule has 23 heteroatoms. The molecule has 2 aliphatic rings. The number of likely N-dealkylation sites (tertiary alicyclic amines) is 2. The van der Waals surface area contributed by atoms with Crippen LogP contribution in [0.15, 0.2) is 36.4 Å². The van der Waals surface area contributed by atoms with Crippen molar-refractivity contribution in [3.05, 3.63) is 47.8 Å². The second-order valence-corrected chi connectivity index (χ2v) is 20.0. The van der Waals surface area contributed by atoms with Gasteiger partial charge >= 0.3 is 77.3 Å². The van der Waals surface area contributed by atoms with Gasteiger partial charge in [-0.1, -0.05) is 12.1 Å². The van der Waals surface area contributed by atoms with Gasteiger partial charge in [-0.15, -0.1) is 0 Å². The third-order valence-electron chi connectivity index (χ3n) is 7.81. The van der Waals surface area contributed by atoms with Gasteiger partial charge in [0.1, 0.15) is 34.0 Å². The molecule has 0 aromatic carbocycles. The summed E-state index contributed by atoms with van der Waals surface area (Å²) in [7, 11) is -2.92.